The second-order valence-electron chi connectivity index (χ2n) is 3.32. The highest BCUT2D eigenvalue weighted by molar-refractivity contribution is 5.45. The van der Waals surface area contributed by atoms with Crippen LogP contribution in [-0.4, -0.2) is 36.9 Å². The minimum absolute atomic E-state index is 0.455. The molecule has 1 rings (SSSR count). The van der Waals surface area contributed by atoms with Gasteiger partial charge < -0.3 is 9.64 Å². The molecule has 0 saturated carbocycles. The Labute approximate surface area is 106 Å². The summed E-state index contributed by atoms with van der Waals surface area (Å²) in [6.45, 7) is -3.09. The van der Waals surface area contributed by atoms with E-state index in [1.807, 2.05) is 0 Å². The zero-order valence-electron chi connectivity index (χ0n) is 10.0. The second-order valence-corrected chi connectivity index (χ2v) is 3.32. The Balaban J connectivity index is 0.000000555. The van der Waals surface area contributed by atoms with E-state index in [0.29, 0.717) is 6.07 Å². The Morgan fingerprint density at radius 3 is 2.26 bits per heavy atom. The summed E-state index contributed by atoms with van der Waals surface area (Å²) >= 11 is 0. The van der Waals surface area contributed by atoms with Crippen LogP contribution in [-0.2, 0) is 4.79 Å². The number of ether oxygens (including phenoxy) is 1. The highest BCUT2D eigenvalue weighted by Gasteiger charge is 2.15. The van der Waals surface area contributed by atoms with Gasteiger partial charge in [0.05, 0.1) is 4.92 Å². The first-order valence-electron chi connectivity index (χ1n) is 4.78. The van der Waals surface area contributed by atoms with Gasteiger partial charge in [-0.1, -0.05) is 0 Å². The maximum absolute atomic E-state index is 12.8. The molecular formula is C10H11F3N2O4. The third kappa shape index (κ3) is 6.86. The molecule has 9 heteroatoms. The average molecular weight is 280 g/mol. The van der Waals surface area contributed by atoms with Crippen LogP contribution in [0.1, 0.15) is 0 Å². The van der Waals surface area contributed by atoms with Crippen molar-refractivity contribution in [2.45, 2.75) is 6.61 Å². The number of nitrogens with zero attached hydrogens (tertiary/aromatic N) is 2. The maximum Gasteiger partial charge on any atom is 0.387 e. The third-order valence-corrected chi connectivity index (χ3v) is 1.55. The molecule has 0 aliphatic carbocycles. The first-order valence-corrected chi connectivity index (χ1v) is 4.78. The van der Waals surface area contributed by atoms with E-state index in [0.717, 1.165) is 18.5 Å². The number of carbonyl (C=O) groups is 1. The van der Waals surface area contributed by atoms with Crippen LogP contribution in [0.15, 0.2) is 18.2 Å². The normalized spacial score (nSPS) is 9.37. The number of hydrogen-bond acceptors (Lipinski definition) is 4. The van der Waals surface area contributed by atoms with Crippen molar-refractivity contribution in [2.24, 2.45) is 0 Å². The zero-order valence-corrected chi connectivity index (χ0v) is 10.0. The maximum atomic E-state index is 12.8. The van der Waals surface area contributed by atoms with Gasteiger partial charge in [0.1, 0.15) is 5.75 Å². The number of benzene rings is 1. The number of nitro benzene ring substituents is 1. The first-order chi connectivity index (χ1) is 8.77. The van der Waals surface area contributed by atoms with Gasteiger partial charge in [-0.05, 0) is 6.07 Å². The molecule has 1 aromatic rings. The molecule has 1 aromatic carbocycles. The number of carbonyl (C=O) groups excluding carboxylic acids is 1. The van der Waals surface area contributed by atoms with Gasteiger partial charge in [-0.2, -0.15) is 13.2 Å². The molecule has 0 spiro atoms. The number of hydrogen-bond donors (Lipinski definition) is 0. The molecule has 0 unspecified atom stereocenters. The predicted octanol–water partition coefficient (Wildman–Crippen LogP) is 2.04. The average Bonchev–Trinajstić information content (AvgIpc) is 2.28. The molecule has 0 saturated heterocycles. The first kappa shape index (κ1) is 16.7. The fraction of sp³-hybridized carbons (Fsp3) is 0.300. The predicted molar refractivity (Wildman–Crippen MR) is 59.4 cm³/mol. The van der Waals surface area contributed by atoms with E-state index in [4.69, 9.17) is 0 Å². The van der Waals surface area contributed by atoms with Crippen molar-refractivity contribution in [2.75, 3.05) is 14.1 Å². The van der Waals surface area contributed by atoms with E-state index in [9.17, 15) is 28.1 Å². The van der Waals surface area contributed by atoms with Gasteiger partial charge in [0.15, 0.2) is 0 Å². The van der Waals surface area contributed by atoms with Gasteiger partial charge in [-0.25, -0.2) is 0 Å². The lowest BCUT2D eigenvalue weighted by molar-refractivity contribution is -0.387. The SMILES string of the molecule is CN(C)C=O.O=[N+]([O-])c1ccc(OC(F)F)cc1F. The van der Waals surface area contributed by atoms with Crippen molar-refractivity contribution < 1.29 is 27.6 Å². The molecule has 0 radical (unpaired) electrons. The topological polar surface area (TPSA) is 72.7 Å². The molecule has 19 heavy (non-hydrogen) atoms. The summed E-state index contributed by atoms with van der Waals surface area (Å²) in [5.41, 5.74) is -0.786. The van der Waals surface area contributed by atoms with E-state index in [2.05, 4.69) is 4.74 Å². The highest BCUT2D eigenvalue weighted by atomic mass is 19.3. The Kier molecular flexibility index (Phi) is 6.94. The second kappa shape index (κ2) is 7.90. The van der Waals surface area contributed by atoms with Gasteiger partial charge in [-0.15, -0.1) is 0 Å². The molecule has 106 valence electrons. The van der Waals surface area contributed by atoms with Crippen LogP contribution in [0.3, 0.4) is 0 Å². The van der Waals surface area contributed by atoms with Crippen LogP contribution in [0, 0.1) is 15.9 Å². The Morgan fingerprint density at radius 1 is 1.42 bits per heavy atom. The summed E-state index contributed by atoms with van der Waals surface area (Å²) in [7, 11) is 3.38. The molecule has 6 nitrogen and oxygen atoms in total. The minimum atomic E-state index is -3.09. The Hall–Kier alpha value is -2.32. The van der Waals surface area contributed by atoms with Crippen molar-refractivity contribution in [3.63, 3.8) is 0 Å². The molecule has 0 aliphatic heterocycles. The molecule has 0 heterocycles. The molecule has 0 aliphatic rings. The summed E-state index contributed by atoms with van der Waals surface area (Å²) in [5.74, 6) is -1.67. The quantitative estimate of drug-likeness (QED) is 0.480. The lowest BCUT2D eigenvalue weighted by atomic mass is 10.3. The molecule has 0 fully saturated rings. The monoisotopic (exact) mass is 280 g/mol. The van der Waals surface area contributed by atoms with E-state index < -0.39 is 28.8 Å². The van der Waals surface area contributed by atoms with Gasteiger partial charge >= 0.3 is 12.3 Å². The Morgan fingerprint density at radius 2 is 1.95 bits per heavy atom. The van der Waals surface area contributed by atoms with E-state index in [1.54, 1.807) is 14.1 Å². The van der Waals surface area contributed by atoms with E-state index in [-0.39, 0.29) is 0 Å². The zero-order chi connectivity index (χ0) is 15.0. The van der Waals surface area contributed by atoms with Crippen LogP contribution in [0.5, 0.6) is 5.75 Å². The van der Waals surface area contributed by atoms with Crippen LogP contribution in [0.2, 0.25) is 0 Å². The number of nitro groups is 1. The van der Waals surface area contributed by atoms with E-state index >= 15 is 0 Å². The lowest BCUT2D eigenvalue weighted by Gasteiger charge is -2.03. The molecular weight excluding hydrogens is 269 g/mol. The van der Waals surface area contributed by atoms with Crippen LogP contribution < -0.4 is 4.74 Å². The highest BCUT2D eigenvalue weighted by Crippen LogP contribution is 2.23. The fourth-order valence-corrected chi connectivity index (χ4v) is 0.812. The van der Waals surface area contributed by atoms with Crippen molar-refractivity contribution in [3.05, 3.63) is 34.1 Å². The molecule has 0 bridgehead atoms. The molecule has 0 N–H and O–H groups in total. The summed E-state index contributed by atoms with van der Waals surface area (Å²) in [6.07, 6.45) is 0.750. The van der Waals surface area contributed by atoms with Crippen molar-refractivity contribution in [3.8, 4) is 5.75 Å². The van der Waals surface area contributed by atoms with Crippen LogP contribution in [0.25, 0.3) is 0 Å². The number of halogens is 3. The summed E-state index contributed by atoms with van der Waals surface area (Å²) in [5, 5.41) is 10.1. The third-order valence-electron chi connectivity index (χ3n) is 1.55. The minimum Gasteiger partial charge on any atom is -0.435 e. The van der Waals surface area contributed by atoms with Gasteiger partial charge in [0.2, 0.25) is 12.2 Å². The standard InChI is InChI=1S/C7H4F3NO3.C3H7NO/c8-5-3-4(14-7(9)10)1-2-6(5)11(12)13;1-4(2)3-5/h1-3,7H;3H,1-2H3. The lowest BCUT2D eigenvalue weighted by Crippen LogP contribution is -2.06. The van der Waals surface area contributed by atoms with Crippen molar-refractivity contribution in [1.82, 2.24) is 4.90 Å². The number of rotatable bonds is 4. The Bertz CT molecular complexity index is 441. The molecule has 0 atom stereocenters. The van der Waals surface area contributed by atoms with Gasteiger partial charge in [0, 0.05) is 26.2 Å². The largest absolute Gasteiger partial charge is 0.435 e. The summed E-state index contributed by atoms with van der Waals surface area (Å²) in [6, 6.07) is 2.19. The molecule has 0 aromatic heterocycles. The summed E-state index contributed by atoms with van der Waals surface area (Å²) in [4.78, 5) is 20.0. The van der Waals surface area contributed by atoms with Crippen molar-refractivity contribution in [1.29, 1.82) is 0 Å². The van der Waals surface area contributed by atoms with E-state index in [1.165, 1.54) is 4.90 Å². The molecule has 1 amide bonds. The van der Waals surface area contributed by atoms with Gasteiger partial charge in [-0.3, -0.25) is 14.9 Å². The smallest absolute Gasteiger partial charge is 0.387 e. The van der Waals surface area contributed by atoms with Gasteiger partial charge in [0.25, 0.3) is 0 Å². The van der Waals surface area contributed by atoms with Crippen molar-refractivity contribution >= 4 is 12.1 Å². The van der Waals surface area contributed by atoms with Crippen LogP contribution in [0.4, 0.5) is 18.9 Å². The summed E-state index contributed by atoms with van der Waals surface area (Å²) < 4.78 is 39.9. The number of alkyl halides is 2. The van der Waals surface area contributed by atoms with Crippen LogP contribution >= 0.6 is 0 Å². The number of amides is 1. The fourth-order valence-electron chi connectivity index (χ4n) is 0.812.